The molecule has 0 saturated heterocycles. The van der Waals surface area contributed by atoms with E-state index in [4.69, 9.17) is 4.74 Å². The van der Waals surface area contributed by atoms with E-state index in [-0.39, 0.29) is 0 Å². The first kappa shape index (κ1) is 7.06. The minimum Gasteiger partial charge on any atom is -0.481 e. The summed E-state index contributed by atoms with van der Waals surface area (Å²) in [5.41, 5.74) is 1.11. The largest absolute Gasteiger partial charge is 0.481 e. The highest BCUT2D eigenvalue weighted by atomic mass is 16.5. The summed E-state index contributed by atoms with van der Waals surface area (Å²) in [6.07, 6.45) is 3.83. The summed E-state index contributed by atoms with van der Waals surface area (Å²) in [5.74, 6) is 0.622. The molecule has 1 aromatic heterocycles. The molecule has 0 aliphatic heterocycles. The summed E-state index contributed by atoms with van der Waals surface area (Å²) in [6, 6.07) is 3.81. The molecular weight excluding hydrogens is 126 g/mol. The zero-order valence-electron chi connectivity index (χ0n) is 6.22. The van der Waals surface area contributed by atoms with Gasteiger partial charge in [-0.1, -0.05) is 13.0 Å². The molecule has 1 heterocycles. The van der Waals surface area contributed by atoms with Gasteiger partial charge in [0, 0.05) is 6.07 Å². The van der Waals surface area contributed by atoms with E-state index in [1.165, 1.54) is 0 Å². The van der Waals surface area contributed by atoms with E-state index in [9.17, 15) is 0 Å². The van der Waals surface area contributed by atoms with E-state index in [0.717, 1.165) is 12.0 Å². The number of hydrogen-bond acceptors (Lipinski definition) is 2. The third-order valence-electron chi connectivity index (χ3n) is 1.33. The Hall–Kier alpha value is -1.05. The summed E-state index contributed by atoms with van der Waals surface area (Å²) in [5, 5.41) is 0. The summed E-state index contributed by atoms with van der Waals surface area (Å²) >= 11 is 0. The lowest BCUT2D eigenvalue weighted by Gasteiger charge is -1.97. The minimum absolute atomic E-state index is 0.622. The van der Waals surface area contributed by atoms with Gasteiger partial charge in [-0.25, -0.2) is 4.98 Å². The summed E-state index contributed by atoms with van der Waals surface area (Å²) in [7, 11) is 1.60. The molecule has 1 aromatic rings. The number of nitrogens with zero attached hydrogens (tertiary/aromatic N) is 1. The molecule has 0 aromatic carbocycles. The van der Waals surface area contributed by atoms with Gasteiger partial charge in [0.1, 0.15) is 0 Å². The van der Waals surface area contributed by atoms with Crippen molar-refractivity contribution >= 4 is 0 Å². The molecule has 1 radical (unpaired) electrons. The molecule has 53 valence electrons. The van der Waals surface area contributed by atoms with Crippen molar-refractivity contribution in [2.45, 2.75) is 13.3 Å². The molecule has 1 rings (SSSR count). The Bertz CT molecular complexity index is 170. The highest BCUT2D eigenvalue weighted by Crippen LogP contribution is 2.05. The number of pyridine rings is 1. The van der Waals surface area contributed by atoms with Crippen LogP contribution in [-0.2, 0) is 6.42 Å². The third-order valence-corrected chi connectivity index (χ3v) is 1.33. The van der Waals surface area contributed by atoms with Gasteiger partial charge in [-0.3, -0.25) is 0 Å². The van der Waals surface area contributed by atoms with E-state index in [2.05, 4.69) is 18.1 Å². The molecule has 0 aliphatic carbocycles. The van der Waals surface area contributed by atoms with E-state index < -0.39 is 0 Å². The topological polar surface area (TPSA) is 22.1 Å². The van der Waals surface area contributed by atoms with Crippen molar-refractivity contribution in [2.75, 3.05) is 7.11 Å². The van der Waals surface area contributed by atoms with Crippen LogP contribution in [0.2, 0.25) is 0 Å². The molecule has 2 heteroatoms. The predicted octanol–water partition coefficient (Wildman–Crippen LogP) is 1.45. The highest BCUT2D eigenvalue weighted by molar-refractivity contribution is 5.16. The smallest absolute Gasteiger partial charge is 0.213 e. The standard InChI is InChI=1S/C8H10NO/c1-3-7-4-5-8(10-2)9-6-7/h4-5H,3H2,1-2H3. The van der Waals surface area contributed by atoms with Crippen molar-refractivity contribution in [3.63, 3.8) is 0 Å². The molecule has 0 aliphatic rings. The van der Waals surface area contributed by atoms with Gasteiger partial charge in [-0.15, -0.1) is 0 Å². The molecule has 0 unspecified atom stereocenters. The SMILES string of the molecule is CCc1[c]nc(OC)cc1. The number of methoxy groups -OCH3 is 1. The molecule has 2 nitrogen and oxygen atoms in total. The molecule has 10 heavy (non-hydrogen) atoms. The monoisotopic (exact) mass is 136 g/mol. The van der Waals surface area contributed by atoms with Crippen molar-refractivity contribution in [3.05, 3.63) is 23.9 Å². The molecule has 0 fully saturated rings. The van der Waals surface area contributed by atoms with E-state index in [0.29, 0.717) is 5.88 Å². The van der Waals surface area contributed by atoms with Crippen molar-refractivity contribution in [1.82, 2.24) is 4.98 Å². The molecular formula is C8H10NO. The Morgan fingerprint density at radius 1 is 1.60 bits per heavy atom. The number of rotatable bonds is 2. The fraction of sp³-hybridized carbons (Fsp3) is 0.375. The zero-order chi connectivity index (χ0) is 7.40. The lowest BCUT2D eigenvalue weighted by atomic mass is 10.2. The van der Waals surface area contributed by atoms with Crippen LogP contribution in [0.3, 0.4) is 0 Å². The minimum atomic E-state index is 0.622. The Balaban J connectivity index is 2.80. The number of aryl methyl sites for hydroxylation is 1. The van der Waals surface area contributed by atoms with Gasteiger partial charge in [0.25, 0.3) is 0 Å². The van der Waals surface area contributed by atoms with Gasteiger partial charge < -0.3 is 4.74 Å². The Morgan fingerprint density at radius 2 is 2.40 bits per heavy atom. The Kier molecular flexibility index (Phi) is 2.26. The van der Waals surface area contributed by atoms with Crippen LogP contribution in [0.5, 0.6) is 5.88 Å². The molecule has 0 saturated carbocycles. The van der Waals surface area contributed by atoms with Gasteiger partial charge in [0.05, 0.1) is 13.3 Å². The van der Waals surface area contributed by atoms with Gasteiger partial charge in [-0.05, 0) is 12.0 Å². The Morgan fingerprint density at radius 3 is 2.80 bits per heavy atom. The van der Waals surface area contributed by atoms with E-state index in [1.54, 1.807) is 7.11 Å². The summed E-state index contributed by atoms with van der Waals surface area (Å²) < 4.78 is 4.87. The van der Waals surface area contributed by atoms with Crippen molar-refractivity contribution < 1.29 is 4.74 Å². The fourth-order valence-corrected chi connectivity index (χ4v) is 0.684. The van der Waals surface area contributed by atoms with E-state index >= 15 is 0 Å². The molecule has 0 atom stereocenters. The Labute approximate surface area is 60.9 Å². The van der Waals surface area contributed by atoms with Crippen LogP contribution in [0.25, 0.3) is 0 Å². The van der Waals surface area contributed by atoms with Gasteiger partial charge in [0.2, 0.25) is 5.88 Å². The quantitative estimate of drug-likeness (QED) is 0.614. The van der Waals surface area contributed by atoms with Gasteiger partial charge in [-0.2, -0.15) is 0 Å². The van der Waals surface area contributed by atoms with Gasteiger partial charge >= 0.3 is 0 Å². The summed E-state index contributed by atoms with van der Waals surface area (Å²) in [6.45, 7) is 2.07. The molecule has 0 amide bonds. The lowest BCUT2D eigenvalue weighted by Crippen LogP contribution is -1.88. The number of ether oxygens (including phenoxy) is 1. The second-order valence-corrected chi connectivity index (χ2v) is 1.98. The first-order chi connectivity index (χ1) is 4.86. The first-order valence-electron chi connectivity index (χ1n) is 3.28. The maximum Gasteiger partial charge on any atom is 0.213 e. The highest BCUT2D eigenvalue weighted by Gasteiger charge is 1.91. The maximum absolute atomic E-state index is 4.87. The fourth-order valence-electron chi connectivity index (χ4n) is 0.684. The van der Waals surface area contributed by atoms with E-state index in [1.807, 2.05) is 12.1 Å². The zero-order valence-corrected chi connectivity index (χ0v) is 6.22. The van der Waals surface area contributed by atoms with Crippen LogP contribution in [0, 0.1) is 6.20 Å². The molecule has 0 N–H and O–H groups in total. The normalized spacial score (nSPS) is 9.40. The van der Waals surface area contributed by atoms with Crippen LogP contribution in [0.4, 0.5) is 0 Å². The third kappa shape index (κ3) is 1.47. The molecule has 0 spiro atoms. The first-order valence-corrected chi connectivity index (χ1v) is 3.28. The second-order valence-electron chi connectivity index (χ2n) is 1.98. The maximum atomic E-state index is 4.87. The van der Waals surface area contributed by atoms with Crippen LogP contribution >= 0.6 is 0 Å². The van der Waals surface area contributed by atoms with Gasteiger partial charge in [0.15, 0.2) is 0 Å². The average Bonchev–Trinajstić information content (AvgIpc) is 2.05. The second kappa shape index (κ2) is 3.20. The van der Waals surface area contributed by atoms with Crippen LogP contribution in [-0.4, -0.2) is 12.1 Å². The predicted molar refractivity (Wildman–Crippen MR) is 39.0 cm³/mol. The van der Waals surface area contributed by atoms with Crippen molar-refractivity contribution in [3.8, 4) is 5.88 Å². The molecule has 0 bridgehead atoms. The van der Waals surface area contributed by atoms with Crippen LogP contribution < -0.4 is 4.74 Å². The average molecular weight is 136 g/mol. The number of hydrogen-bond donors (Lipinski definition) is 0. The van der Waals surface area contributed by atoms with Crippen molar-refractivity contribution in [2.24, 2.45) is 0 Å². The van der Waals surface area contributed by atoms with Crippen LogP contribution in [0.15, 0.2) is 12.1 Å². The van der Waals surface area contributed by atoms with Crippen LogP contribution in [0.1, 0.15) is 12.5 Å². The summed E-state index contributed by atoms with van der Waals surface area (Å²) in [4.78, 5) is 3.92. The number of aromatic nitrogens is 1. The van der Waals surface area contributed by atoms with Crippen molar-refractivity contribution in [1.29, 1.82) is 0 Å². The lowest BCUT2D eigenvalue weighted by molar-refractivity contribution is 0.397.